The summed E-state index contributed by atoms with van der Waals surface area (Å²) in [7, 11) is 0. The first-order chi connectivity index (χ1) is 8.63. The van der Waals surface area contributed by atoms with E-state index in [1.807, 2.05) is 12.1 Å². The van der Waals surface area contributed by atoms with Crippen LogP contribution in [0.15, 0.2) is 41.1 Å². The molecular weight excluding hydrogens is 300 g/mol. The first-order valence-corrected chi connectivity index (χ1v) is 5.89. The van der Waals surface area contributed by atoms with Crippen LogP contribution in [0, 0.1) is 0 Å². The van der Waals surface area contributed by atoms with Crippen LogP contribution in [-0.2, 0) is 11.2 Å². The zero-order chi connectivity index (χ0) is 13.0. The Kier molecular flexibility index (Phi) is 3.88. The number of hydrogen-bond donors (Lipinski definition) is 1. The average molecular weight is 309 g/mol. The molecule has 0 saturated carbocycles. The van der Waals surface area contributed by atoms with Gasteiger partial charge in [-0.25, -0.2) is 9.97 Å². The summed E-state index contributed by atoms with van der Waals surface area (Å²) >= 11 is 3.33. The fourth-order valence-electron chi connectivity index (χ4n) is 1.26. The highest BCUT2D eigenvalue weighted by Crippen LogP contribution is 2.21. The number of carboxylic acid groups (broad SMARTS) is 1. The van der Waals surface area contributed by atoms with Crippen LogP contribution in [0.25, 0.3) is 0 Å². The van der Waals surface area contributed by atoms with Crippen LogP contribution in [0.3, 0.4) is 0 Å². The standard InChI is InChI=1S/C12H9BrN2O3/c13-8-1-3-9(4-2-8)18-10-6-14-11(15-7-10)5-12(16)17/h1-4,6-7H,5H2,(H,16,17). The van der Waals surface area contributed by atoms with Gasteiger partial charge in [-0.05, 0) is 24.3 Å². The molecule has 1 heterocycles. The number of nitrogens with zero attached hydrogens (tertiary/aromatic N) is 2. The number of hydrogen-bond acceptors (Lipinski definition) is 4. The van der Waals surface area contributed by atoms with E-state index < -0.39 is 5.97 Å². The van der Waals surface area contributed by atoms with Crippen molar-refractivity contribution in [1.82, 2.24) is 9.97 Å². The van der Waals surface area contributed by atoms with Crippen molar-refractivity contribution in [2.75, 3.05) is 0 Å². The van der Waals surface area contributed by atoms with Gasteiger partial charge in [0.2, 0.25) is 0 Å². The summed E-state index contributed by atoms with van der Waals surface area (Å²) in [5, 5.41) is 8.58. The maximum Gasteiger partial charge on any atom is 0.311 e. The lowest BCUT2D eigenvalue weighted by Gasteiger charge is -2.05. The quantitative estimate of drug-likeness (QED) is 0.940. The number of halogens is 1. The second-order valence-corrected chi connectivity index (χ2v) is 4.38. The van der Waals surface area contributed by atoms with Gasteiger partial charge in [0.05, 0.1) is 12.4 Å². The molecule has 5 nitrogen and oxygen atoms in total. The summed E-state index contributed by atoms with van der Waals surface area (Å²) < 4.78 is 6.46. The largest absolute Gasteiger partial charge is 0.481 e. The Morgan fingerprint density at radius 1 is 1.17 bits per heavy atom. The molecule has 0 spiro atoms. The van der Waals surface area contributed by atoms with Crippen molar-refractivity contribution in [3.8, 4) is 11.5 Å². The molecule has 0 radical (unpaired) electrons. The van der Waals surface area contributed by atoms with Gasteiger partial charge in [-0.1, -0.05) is 15.9 Å². The lowest BCUT2D eigenvalue weighted by Crippen LogP contribution is -2.04. The topological polar surface area (TPSA) is 72.3 Å². The molecule has 0 saturated heterocycles. The van der Waals surface area contributed by atoms with Crippen molar-refractivity contribution >= 4 is 21.9 Å². The first-order valence-electron chi connectivity index (χ1n) is 5.09. The molecule has 1 aromatic heterocycles. The molecular formula is C12H9BrN2O3. The number of aliphatic carboxylic acids is 1. The van der Waals surface area contributed by atoms with E-state index in [-0.39, 0.29) is 12.2 Å². The van der Waals surface area contributed by atoms with E-state index in [4.69, 9.17) is 9.84 Å². The van der Waals surface area contributed by atoms with Gasteiger partial charge < -0.3 is 9.84 Å². The van der Waals surface area contributed by atoms with Gasteiger partial charge >= 0.3 is 5.97 Å². The Morgan fingerprint density at radius 3 is 2.33 bits per heavy atom. The zero-order valence-electron chi connectivity index (χ0n) is 9.21. The molecule has 0 fully saturated rings. The number of benzene rings is 1. The van der Waals surface area contributed by atoms with E-state index in [0.29, 0.717) is 11.5 Å². The number of rotatable bonds is 4. The van der Waals surface area contributed by atoms with E-state index in [0.717, 1.165) is 4.47 Å². The fourth-order valence-corrected chi connectivity index (χ4v) is 1.53. The van der Waals surface area contributed by atoms with Gasteiger partial charge in [0, 0.05) is 4.47 Å². The van der Waals surface area contributed by atoms with Gasteiger partial charge in [0.15, 0.2) is 5.75 Å². The van der Waals surface area contributed by atoms with Crippen molar-refractivity contribution in [1.29, 1.82) is 0 Å². The monoisotopic (exact) mass is 308 g/mol. The third-order valence-corrected chi connectivity index (χ3v) is 2.57. The smallest absolute Gasteiger partial charge is 0.311 e. The minimum atomic E-state index is -0.962. The molecule has 2 aromatic rings. The molecule has 18 heavy (non-hydrogen) atoms. The van der Waals surface area contributed by atoms with Crippen LogP contribution in [0.2, 0.25) is 0 Å². The maximum atomic E-state index is 10.5. The molecule has 92 valence electrons. The average Bonchev–Trinajstić information content (AvgIpc) is 2.34. The lowest BCUT2D eigenvalue weighted by molar-refractivity contribution is -0.136. The normalized spacial score (nSPS) is 10.1. The number of carbonyl (C=O) groups is 1. The molecule has 1 N–H and O–H groups in total. The van der Waals surface area contributed by atoms with Crippen LogP contribution in [0.1, 0.15) is 5.82 Å². The molecule has 0 bridgehead atoms. The Balaban J connectivity index is 2.06. The highest BCUT2D eigenvalue weighted by molar-refractivity contribution is 9.10. The summed E-state index contributed by atoms with van der Waals surface area (Å²) in [4.78, 5) is 18.3. The van der Waals surface area contributed by atoms with Gasteiger partial charge in [0.1, 0.15) is 18.0 Å². The predicted molar refractivity (Wildman–Crippen MR) is 67.6 cm³/mol. The van der Waals surface area contributed by atoms with Gasteiger partial charge in [-0.3, -0.25) is 4.79 Å². The van der Waals surface area contributed by atoms with Crippen molar-refractivity contribution in [2.45, 2.75) is 6.42 Å². The molecule has 2 rings (SSSR count). The summed E-state index contributed by atoms with van der Waals surface area (Å²) in [6.45, 7) is 0. The predicted octanol–water partition coefficient (Wildman–Crippen LogP) is 2.66. The van der Waals surface area contributed by atoms with Crippen LogP contribution in [0.4, 0.5) is 0 Å². The van der Waals surface area contributed by atoms with Crippen molar-refractivity contribution in [3.63, 3.8) is 0 Å². The number of aromatic nitrogens is 2. The molecule has 0 amide bonds. The minimum Gasteiger partial charge on any atom is -0.481 e. The zero-order valence-corrected chi connectivity index (χ0v) is 10.8. The van der Waals surface area contributed by atoms with Gasteiger partial charge in [-0.2, -0.15) is 0 Å². The van der Waals surface area contributed by atoms with Gasteiger partial charge in [-0.15, -0.1) is 0 Å². The maximum absolute atomic E-state index is 10.5. The Hall–Kier alpha value is -1.95. The lowest BCUT2D eigenvalue weighted by atomic mass is 10.3. The second-order valence-electron chi connectivity index (χ2n) is 3.46. The van der Waals surface area contributed by atoms with E-state index in [9.17, 15) is 4.79 Å². The van der Waals surface area contributed by atoms with E-state index in [2.05, 4.69) is 25.9 Å². The Bertz CT molecular complexity index is 540. The molecule has 6 heteroatoms. The molecule has 0 aliphatic rings. The van der Waals surface area contributed by atoms with Gasteiger partial charge in [0.25, 0.3) is 0 Å². The van der Waals surface area contributed by atoms with Crippen LogP contribution in [-0.4, -0.2) is 21.0 Å². The highest BCUT2D eigenvalue weighted by atomic mass is 79.9. The third-order valence-electron chi connectivity index (χ3n) is 2.04. The van der Waals surface area contributed by atoms with E-state index in [1.54, 1.807) is 12.1 Å². The highest BCUT2D eigenvalue weighted by Gasteiger charge is 2.04. The van der Waals surface area contributed by atoms with Crippen LogP contribution < -0.4 is 4.74 Å². The minimum absolute atomic E-state index is 0.196. The second kappa shape index (κ2) is 5.59. The van der Waals surface area contributed by atoms with E-state index >= 15 is 0 Å². The first kappa shape index (κ1) is 12.5. The van der Waals surface area contributed by atoms with Crippen LogP contribution >= 0.6 is 15.9 Å². The Morgan fingerprint density at radius 2 is 1.78 bits per heavy atom. The van der Waals surface area contributed by atoms with Crippen LogP contribution in [0.5, 0.6) is 11.5 Å². The summed E-state index contributed by atoms with van der Waals surface area (Å²) in [6.07, 6.45) is 2.71. The summed E-state index contributed by atoms with van der Waals surface area (Å²) in [5.74, 6) is 0.418. The molecule has 1 aromatic carbocycles. The Labute approximate surface area is 112 Å². The summed E-state index contributed by atoms with van der Waals surface area (Å²) in [5.41, 5.74) is 0. The third kappa shape index (κ3) is 3.53. The number of carboxylic acids is 1. The van der Waals surface area contributed by atoms with Crippen molar-refractivity contribution < 1.29 is 14.6 Å². The summed E-state index contributed by atoms with van der Waals surface area (Å²) in [6, 6.07) is 7.31. The van der Waals surface area contributed by atoms with Crippen molar-refractivity contribution in [3.05, 3.63) is 47.0 Å². The molecule has 0 aliphatic carbocycles. The fraction of sp³-hybridized carbons (Fsp3) is 0.0833. The molecule has 0 unspecified atom stereocenters. The van der Waals surface area contributed by atoms with Crippen molar-refractivity contribution in [2.24, 2.45) is 0 Å². The molecule has 0 aliphatic heterocycles. The SMILES string of the molecule is O=C(O)Cc1ncc(Oc2ccc(Br)cc2)cn1. The van der Waals surface area contributed by atoms with E-state index in [1.165, 1.54) is 12.4 Å². The molecule has 0 atom stereocenters. The number of ether oxygens (including phenoxy) is 1.